The maximum atomic E-state index is 11.8. The molecule has 1 aliphatic rings. The number of piperazine rings is 1. The van der Waals surface area contributed by atoms with E-state index in [-0.39, 0.29) is 29.5 Å². The van der Waals surface area contributed by atoms with E-state index in [2.05, 4.69) is 10.6 Å². The summed E-state index contributed by atoms with van der Waals surface area (Å²) in [6.07, 6.45) is 0. The van der Waals surface area contributed by atoms with Crippen LogP contribution in [0.25, 0.3) is 0 Å². The Balaban J connectivity index is 1.88. The van der Waals surface area contributed by atoms with Gasteiger partial charge in [0.05, 0.1) is 6.54 Å². The highest BCUT2D eigenvalue weighted by Crippen LogP contribution is 2.24. The van der Waals surface area contributed by atoms with Crippen molar-refractivity contribution in [2.75, 3.05) is 32.7 Å². The van der Waals surface area contributed by atoms with Gasteiger partial charge in [-0.1, -0.05) is 0 Å². The van der Waals surface area contributed by atoms with Crippen LogP contribution in [0.3, 0.4) is 0 Å². The molecule has 0 bridgehead atoms. The maximum absolute atomic E-state index is 11.8. The molecular weight excluding hydrogens is 262 g/mol. The van der Waals surface area contributed by atoms with Crippen molar-refractivity contribution in [3.63, 3.8) is 0 Å². The van der Waals surface area contributed by atoms with Crippen molar-refractivity contribution in [2.45, 2.75) is 0 Å². The number of hydrogen-bond donors (Lipinski definition) is 4. The van der Waals surface area contributed by atoms with Crippen LogP contribution < -0.4 is 10.6 Å². The minimum Gasteiger partial charge on any atom is -0.504 e. The van der Waals surface area contributed by atoms with Crippen LogP contribution in [0, 0.1) is 0 Å². The Morgan fingerprint density at radius 2 is 1.90 bits per heavy atom. The summed E-state index contributed by atoms with van der Waals surface area (Å²) in [7, 11) is 0. The molecule has 1 heterocycles. The Kier molecular flexibility index (Phi) is 4.41. The number of carbonyl (C=O) groups excluding carboxylic acids is 2. The van der Waals surface area contributed by atoms with Crippen molar-refractivity contribution in [3.8, 4) is 11.5 Å². The van der Waals surface area contributed by atoms with Crippen molar-refractivity contribution in [1.82, 2.24) is 15.5 Å². The topological polar surface area (TPSA) is 102 Å². The Hall–Kier alpha value is -2.28. The Labute approximate surface area is 116 Å². The highest BCUT2D eigenvalue weighted by Gasteiger charge is 2.17. The number of rotatable bonds is 3. The lowest BCUT2D eigenvalue weighted by Gasteiger charge is -2.27. The standard InChI is InChI=1S/C13H17N3O4/c17-10-2-1-9(7-11(10)18)13(20)15-8-12(19)16-5-3-14-4-6-16/h1-2,7,14,17-18H,3-6,8H2,(H,15,20). The molecule has 7 nitrogen and oxygen atoms in total. The van der Waals surface area contributed by atoms with Gasteiger partial charge in [0.15, 0.2) is 11.5 Å². The first-order valence-electron chi connectivity index (χ1n) is 6.36. The first-order valence-corrected chi connectivity index (χ1v) is 6.36. The molecule has 2 amide bonds. The fourth-order valence-electron chi connectivity index (χ4n) is 1.95. The van der Waals surface area contributed by atoms with Gasteiger partial charge in [-0.3, -0.25) is 9.59 Å². The van der Waals surface area contributed by atoms with E-state index in [1.165, 1.54) is 12.1 Å². The third-order valence-corrected chi connectivity index (χ3v) is 3.11. The number of aromatic hydroxyl groups is 2. The predicted molar refractivity (Wildman–Crippen MR) is 71.6 cm³/mol. The first-order chi connectivity index (χ1) is 9.58. The van der Waals surface area contributed by atoms with Gasteiger partial charge >= 0.3 is 0 Å². The summed E-state index contributed by atoms with van der Waals surface area (Å²) >= 11 is 0. The van der Waals surface area contributed by atoms with Gasteiger partial charge in [-0.2, -0.15) is 0 Å². The van der Waals surface area contributed by atoms with Crippen molar-refractivity contribution in [2.24, 2.45) is 0 Å². The summed E-state index contributed by atoms with van der Waals surface area (Å²) in [5.41, 5.74) is 0.188. The van der Waals surface area contributed by atoms with Crippen LogP contribution in [0.5, 0.6) is 11.5 Å². The number of carbonyl (C=O) groups is 2. The molecule has 1 fully saturated rings. The smallest absolute Gasteiger partial charge is 0.251 e. The molecule has 0 saturated carbocycles. The lowest BCUT2D eigenvalue weighted by molar-refractivity contribution is -0.130. The van der Waals surface area contributed by atoms with Gasteiger partial charge in [0.1, 0.15) is 0 Å². The summed E-state index contributed by atoms with van der Waals surface area (Å²) in [5.74, 6) is -1.27. The second kappa shape index (κ2) is 6.25. The number of amides is 2. The third-order valence-electron chi connectivity index (χ3n) is 3.11. The fourth-order valence-corrected chi connectivity index (χ4v) is 1.95. The van der Waals surface area contributed by atoms with Gasteiger partial charge in [0.2, 0.25) is 5.91 Å². The van der Waals surface area contributed by atoms with Crippen molar-refractivity contribution in [3.05, 3.63) is 23.8 Å². The van der Waals surface area contributed by atoms with Crippen LogP contribution in [-0.4, -0.2) is 59.7 Å². The summed E-state index contributed by atoms with van der Waals surface area (Å²) in [5, 5.41) is 24.1. The SMILES string of the molecule is O=C(NCC(=O)N1CCNCC1)c1ccc(O)c(O)c1. The van der Waals surface area contributed by atoms with Crippen LogP contribution in [0.2, 0.25) is 0 Å². The van der Waals surface area contributed by atoms with E-state index in [1.54, 1.807) is 4.90 Å². The number of phenolic OH excluding ortho intramolecular Hbond substituents is 2. The minimum atomic E-state index is -0.469. The van der Waals surface area contributed by atoms with Gasteiger partial charge in [-0.15, -0.1) is 0 Å². The fraction of sp³-hybridized carbons (Fsp3) is 0.385. The van der Waals surface area contributed by atoms with E-state index in [0.29, 0.717) is 13.1 Å². The molecule has 1 aliphatic heterocycles. The molecule has 0 aliphatic carbocycles. The van der Waals surface area contributed by atoms with Gasteiger partial charge in [-0.25, -0.2) is 0 Å². The molecule has 1 saturated heterocycles. The first kappa shape index (κ1) is 14.1. The zero-order chi connectivity index (χ0) is 14.5. The summed E-state index contributed by atoms with van der Waals surface area (Å²) in [6.45, 7) is 2.70. The van der Waals surface area contributed by atoms with Crippen molar-refractivity contribution in [1.29, 1.82) is 0 Å². The lowest BCUT2D eigenvalue weighted by atomic mass is 10.2. The van der Waals surface area contributed by atoms with Gasteiger partial charge < -0.3 is 25.7 Å². The van der Waals surface area contributed by atoms with E-state index >= 15 is 0 Å². The maximum Gasteiger partial charge on any atom is 0.251 e. The highest BCUT2D eigenvalue weighted by atomic mass is 16.3. The second-order valence-corrected chi connectivity index (χ2v) is 4.52. The van der Waals surface area contributed by atoms with E-state index in [4.69, 9.17) is 5.11 Å². The van der Waals surface area contributed by atoms with E-state index < -0.39 is 5.91 Å². The third kappa shape index (κ3) is 3.39. The normalized spacial score (nSPS) is 14.9. The molecular formula is C13H17N3O4. The van der Waals surface area contributed by atoms with E-state index in [0.717, 1.165) is 19.2 Å². The number of nitrogens with zero attached hydrogens (tertiary/aromatic N) is 1. The second-order valence-electron chi connectivity index (χ2n) is 4.52. The number of hydrogen-bond acceptors (Lipinski definition) is 5. The van der Waals surface area contributed by atoms with Gasteiger partial charge in [0, 0.05) is 31.7 Å². The molecule has 0 aromatic heterocycles. The van der Waals surface area contributed by atoms with Crippen LogP contribution >= 0.6 is 0 Å². The van der Waals surface area contributed by atoms with Crippen LogP contribution in [0.4, 0.5) is 0 Å². The van der Waals surface area contributed by atoms with E-state index in [9.17, 15) is 14.7 Å². The minimum absolute atomic E-state index is 0.0829. The quantitative estimate of drug-likeness (QED) is 0.546. The molecule has 0 radical (unpaired) electrons. The lowest BCUT2D eigenvalue weighted by Crippen LogP contribution is -2.49. The average Bonchev–Trinajstić information content (AvgIpc) is 2.48. The van der Waals surface area contributed by atoms with Crippen molar-refractivity contribution >= 4 is 11.8 Å². The Morgan fingerprint density at radius 3 is 2.55 bits per heavy atom. The molecule has 2 rings (SSSR count). The molecule has 1 aromatic rings. The number of phenols is 2. The molecule has 0 atom stereocenters. The van der Waals surface area contributed by atoms with Crippen LogP contribution in [0.15, 0.2) is 18.2 Å². The highest BCUT2D eigenvalue weighted by molar-refractivity contribution is 5.97. The van der Waals surface area contributed by atoms with Gasteiger partial charge in [0.25, 0.3) is 5.91 Å². The molecule has 20 heavy (non-hydrogen) atoms. The predicted octanol–water partition coefficient (Wildman–Crippen LogP) is -0.741. The average molecular weight is 279 g/mol. The largest absolute Gasteiger partial charge is 0.504 e. The summed E-state index contributed by atoms with van der Waals surface area (Å²) in [6, 6.07) is 3.75. The summed E-state index contributed by atoms with van der Waals surface area (Å²) in [4.78, 5) is 25.3. The van der Waals surface area contributed by atoms with Crippen LogP contribution in [-0.2, 0) is 4.79 Å². The molecule has 0 unspecified atom stereocenters. The number of benzene rings is 1. The zero-order valence-electron chi connectivity index (χ0n) is 10.9. The molecule has 108 valence electrons. The number of nitrogens with one attached hydrogen (secondary N) is 2. The van der Waals surface area contributed by atoms with Crippen LogP contribution in [0.1, 0.15) is 10.4 Å². The van der Waals surface area contributed by atoms with Gasteiger partial charge in [-0.05, 0) is 18.2 Å². The Bertz CT molecular complexity index is 512. The zero-order valence-corrected chi connectivity index (χ0v) is 10.9. The summed E-state index contributed by atoms with van der Waals surface area (Å²) < 4.78 is 0. The monoisotopic (exact) mass is 279 g/mol. The molecule has 0 spiro atoms. The molecule has 4 N–H and O–H groups in total. The van der Waals surface area contributed by atoms with E-state index in [1.807, 2.05) is 0 Å². The molecule has 7 heteroatoms. The Morgan fingerprint density at radius 1 is 1.20 bits per heavy atom. The molecule has 1 aromatic carbocycles. The van der Waals surface area contributed by atoms with Crippen molar-refractivity contribution < 1.29 is 19.8 Å².